The summed E-state index contributed by atoms with van der Waals surface area (Å²) in [5, 5.41) is 0. The average molecular weight is 304 g/mol. The quantitative estimate of drug-likeness (QED) is 0.850. The number of nitrogens with zero attached hydrogens (tertiary/aromatic N) is 2. The Bertz CT molecular complexity index is 666. The molecule has 118 valence electrons. The first kappa shape index (κ1) is 16.4. The molecule has 0 unspecified atom stereocenters. The number of methoxy groups -OCH3 is 1. The Balaban J connectivity index is 2.36. The predicted octanol–water partition coefficient (Wildman–Crippen LogP) is 4.16. The number of rotatable bonds is 4. The third-order valence-electron chi connectivity index (χ3n) is 3.08. The maximum atomic E-state index is 13.6. The fraction of sp³-hybridized carbons (Fsp3) is 0.412. The van der Waals surface area contributed by atoms with Crippen molar-refractivity contribution in [1.82, 2.24) is 9.97 Å². The van der Waals surface area contributed by atoms with Gasteiger partial charge in [0.1, 0.15) is 17.4 Å². The molecule has 2 rings (SSSR count). The molecule has 0 N–H and O–H groups in total. The molecule has 0 aliphatic rings. The van der Waals surface area contributed by atoms with Gasteiger partial charge in [0, 0.05) is 24.7 Å². The molecule has 22 heavy (non-hydrogen) atoms. The fourth-order valence-electron chi connectivity index (χ4n) is 1.84. The Morgan fingerprint density at radius 2 is 1.86 bits per heavy atom. The van der Waals surface area contributed by atoms with Gasteiger partial charge in [0.2, 0.25) is 5.88 Å². The van der Waals surface area contributed by atoms with E-state index in [1.165, 1.54) is 6.07 Å². The summed E-state index contributed by atoms with van der Waals surface area (Å²) in [6.07, 6.45) is 0. The molecule has 0 aliphatic carbocycles. The molecule has 0 spiro atoms. The monoisotopic (exact) mass is 304 g/mol. The molecule has 0 radical (unpaired) electrons. The molecular weight excluding hydrogens is 283 g/mol. The van der Waals surface area contributed by atoms with Crippen LogP contribution in [0.25, 0.3) is 0 Å². The molecule has 1 aromatic heterocycles. The standard InChI is InChI=1S/C17H21FN2O2/c1-11-6-7-13(9-14(11)18)22-15-8-12(10-21-5)19-16(20-15)17(2,3)4/h6-9H,10H2,1-5H3. The molecular formula is C17H21FN2O2. The number of aromatic nitrogens is 2. The molecule has 5 heteroatoms. The second-order valence-corrected chi connectivity index (χ2v) is 6.22. The van der Waals surface area contributed by atoms with Gasteiger partial charge >= 0.3 is 0 Å². The van der Waals surface area contributed by atoms with E-state index < -0.39 is 0 Å². The van der Waals surface area contributed by atoms with E-state index in [4.69, 9.17) is 9.47 Å². The Kier molecular flexibility index (Phi) is 4.76. The van der Waals surface area contributed by atoms with E-state index in [1.54, 1.807) is 32.2 Å². The van der Waals surface area contributed by atoms with Crippen molar-refractivity contribution in [2.75, 3.05) is 7.11 Å². The van der Waals surface area contributed by atoms with Crippen molar-refractivity contribution >= 4 is 0 Å². The molecule has 1 aromatic carbocycles. The summed E-state index contributed by atoms with van der Waals surface area (Å²) in [4.78, 5) is 8.90. The molecule has 0 amide bonds. The molecule has 2 aromatic rings. The summed E-state index contributed by atoms with van der Waals surface area (Å²) in [6.45, 7) is 8.14. The minimum Gasteiger partial charge on any atom is -0.439 e. The smallest absolute Gasteiger partial charge is 0.222 e. The molecule has 0 bridgehead atoms. The highest BCUT2D eigenvalue weighted by Gasteiger charge is 2.20. The molecule has 0 fully saturated rings. The zero-order chi connectivity index (χ0) is 16.3. The first-order chi connectivity index (χ1) is 10.3. The number of ether oxygens (including phenoxy) is 2. The van der Waals surface area contributed by atoms with Gasteiger partial charge in [0.15, 0.2) is 0 Å². The number of hydrogen-bond acceptors (Lipinski definition) is 4. The van der Waals surface area contributed by atoms with Crippen LogP contribution >= 0.6 is 0 Å². The lowest BCUT2D eigenvalue weighted by molar-refractivity contribution is 0.180. The van der Waals surface area contributed by atoms with Gasteiger partial charge in [-0.1, -0.05) is 26.8 Å². The van der Waals surface area contributed by atoms with Crippen LogP contribution in [0.2, 0.25) is 0 Å². The zero-order valence-electron chi connectivity index (χ0n) is 13.6. The van der Waals surface area contributed by atoms with Crippen molar-refractivity contribution < 1.29 is 13.9 Å². The number of aryl methyl sites for hydroxylation is 1. The van der Waals surface area contributed by atoms with Crippen molar-refractivity contribution in [2.24, 2.45) is 0 Å². The van der Waals surface area contributed by atoms with Crippen LogP contribution < -0.4 is 4.74 Å². The summed E-state index contributed by atoms with van der Waals surface area (Å²) in [5.41, 5.74) is 1.08. The van der Waals surface area contributed by atoms with Crippen LogP contribution in [0.15, 0.2) is 24.3 Å². The van der Waals surface area contributed by atoms with Crippen LogP contribution in [0.3, 0.4) is 0 Å². The summed E-state index contributed by atoms with van der Waals surface area (Å²) in [5.74, 6) is 1.14. The van der Waals surface area contributed by atoms with Crippen LogP contribution in [0.4, 0.5) is 4.39 Å². The van der Waals surface area contributed by atoms with E-state index in [-0.39, 0.29) is 11.2 Å². The van der Waals surface area contributed by atoms with Gasteiger partial charge in [-0.3, -0.25) is 0 Å². The number of benzene rings is 1. The molecule has 0 atom stereocenters. The van der Waals surface area contributed by atoms with Gasteiger partial charge < -0.3 is 9.47 Å². The van der Waals surface area contributed by atoms with Crippen LogP contribution in [0, 0.1) is 12.7 Å². The van der Waals surface area contributed by atoms with E-state index in [9.17, 15) is 4.39 Å². The molecule has 0 saturated heterocycles. The van der Waals surface area contributed by atoms with Gasteiger partial charge in [-0.25, -0.2) is 9.37 Å². The van der Waals surface area contributed by atoms with Crippen molar-refractivity contribution in [3.8, 4) is 11.6 Å². The zero-order valence-corrected chi connectivity index (χ0v) is 13.6. The lowest BCUT2D eigenvalue weighted by Crippen LogP contribution is -2.17. The normalized spacial score (nSPS) is 11.5. The van der Waals surface area contributed by atoms with Gasteiger partial charge in [-0.2, -0.15) is 4.98 Å². The predicted molar refractivity (Wildman–Crippen MR) is 82.7 cm³/mol. The number of halogens is 1. The van der Waals surface area contributed by atoms with E-state index in [1.807, 2.05) is 20.8 Å². The minimum absolute atomic E-state index is 0.222. The number of hydrogen-bond donors (Lipinski definition) is 0. The summed E-state index contributed by atoms with van der Waals surface area (Å²) < 4.78 is 24.4. The highest BCUT2D eigenvalue weighted by molar-refractivity contribution is 5.32. The topological polar surface area (TPSA) is 44.2 Å². The molecule has 0 aliphatic heterocycles. The third kappa shape index (κ3) is 4.01. The van der Waals surface area contributed by atoms with Crippen LogP contribution in [0.1, 0.15) is 37.9 Å². The highest BCUT2D eigenvalue weighted by atomic mass is 19.1. The van der Waals surface area contributed by atoms with Gasteiger partial charge in [0.05, 0.1) is 12.3 Å². The fourth-order valence-corrected chi connectivity index (χ4v) is 1.84. The van der Waals surface area contributed by atoms with E-state index in [2.05, 4.69) is 9.97 Å². The minimum atomic E-state index is -0.306. The van der Waals surface area contributed by atoms with Gasteiger partial charge in [0.25, 0.3) is 0 Å². The van der Waals surface area contributed by atoms with Crippen LogP contribution in [-0.2, 0) is 16.8 Å². The lowest BCUT2D eigenvalue weighted by atomic mass is 9.95. The largest absolute Gasteiger partial charge is 0.439 e. The van der Waals surface area contributed by atoms with Gasteiger partial charge in [-0.15, -0.1) is 0 Å². The second kappa shape index (κ2) is 6.40. The lowest BCUT2D eigenvalue weighted by Gasteiger charge is -2.18. The van der Waals surface area contributed by atoms with E-state index in [0.29, 0.717) is 29.6 Å². The Morgan fingerprint density at radius 1 is 1.14 bits per heavy atom. The van der Waals surface area contributed by atoms with Crippen molar-refractivity contribution in [2.45, 2.75) is 39.7 Å². The first-order valence-corrected chi connectivity index (χ1v) is 7.11. The van der Waals surface area contributed by atoms with Crippen molar-refractivity contribution in [1.29, 1.82) is 0 Å². The average Bonchev–Trinajstić information content (AvgIpc) is 2.42. The molecule has 0 saturated carbocycles. The summed E-state index contributed by atoms with van der Waals surface area (Å²) >= 11 is 0. The Labute approximate surface area is 130 Å². The van der Waals surface area contributed by atoms with E-state index >= 15 is 0 Å². The van der Waals surface area contributed by atoms with Crippen molar-refractivity contribution in [3.63, 3.8) is 0 Å². The highest BCUT2D eigenvalue weighted by Crippen LogP contribution is 2.26. The maximum Gasteiger partial charge on any atom is 0.222 e. The second-order valence-electron chi connectivity index (χ2n) is 6.22. The summed E-state index contributed by atoms with van der Waals surface area (Å²) in [7, 11) is 1.61. The van der Waals surface area contributed by atoms with E-state index in [0.717, 1.165) is 5.69 Å². The Hall–Kier alpha value is -2.01. The Morgan fingerprint density at radius 3 is 2.45 bits per heavy atom. The van der Waals surface area contributed by atoms with Crippen molar-refractivity contribution in [3.05, 3.63) is 47.2 Å². The van der Waals surface area contributed by atoms with Gasteiger partial charge in [-0.05, 0) is 18.6 Å². The molecule has 1 heterocycles. The third-order valence-corrected chi connectivity index (χ3v) is 3.08. The first-order valence-electron chi connectivity index (χ1n) is 7.11. The molecule has 4 nitrogen and oxygen atoms in total. The maximum absolute atomic E-state index is 13.6. The summed E-state index contributed by atoms with van der Waals surface area (Å²) in [6, 6.07) is 6.45. The SMILES string of the molecule is COCc1cc(Oc2ccc(C)c(F)c2)nc(C(C)(C)C)n1. The van der Waals surface area contributed by atoms with Crippen LogP contribution in [-0.4, -0.2) is 17.1 Å². The van der Waals surface area contributed by atoms with Crippen LogP contribution in [0.5, 0.6) is 11.6 Å².